The van der Waals surface area contributed by atoms with Crippen molar-refractivity contribution < 1.29 is 13.9 Å². The maximum atomic E-state index is 13.6. The zero-order chi connectivity index (χ0) is 30.1. The highest BCUT2D eigenvalue weighted by Gasteiger charge is 2.17. The lowest BCUT2D eigenvalue weighted by atomic mass is 10.2. The summed E-state index contributed by atoms with van der Waals surface area (Å²) in [5, 5.41) is 8.79. The number of furan rings is 1. The van der Waals surface area contributed by atoms with Crippen molar-refractivity contribution in [2.24, 2.45) is 5.10 Å². The fourth-order valence-electron chi connectivity index (χ4n) is 4.40. The smallest absolute Gasteiger partial charge is 0.282 e. The molecule has 2 heterocycles. The highest BCUT2D eigenvalue weighted by Crippen LogP contribution is 2.34. The summed E-state index contributed by atoms with van der Waals surface area (Å²) in [5.74, 6) is 0.611. The standard InChI is InChI=1S/C32H21Br2ClN4O4/c1-18-6-9-22(10-7-18)37-29(40)17-42-30-24(34)12-19(13-25(30)35)16-36-39-31(38-26-5-3-2-4-23(26)32(39)41)28-15-20-14-21(33)8-11-27(20)43-28/h2-16H,17H2,1H3,(H,37,40). The maximum Gasteiger partial charge on any atom is 0.282 e. The third-order valence-corrected chi connectivity index (χ3v) is 7.84. The number of carbonyl (C=O) groups excluding carboxylic acids is 1. The van der Waals surface area contributed by atoms with Gasteiger partial charge in [-0.15, -0.1) is 0 Å². The van der Waals surface area contributed by atoms with Crippen LogP contribution in [0.5, 0.6) is 5.75 Å². The minimum absolute atomic E-state index is 0.241. The number of para-hydroxylation sites is 1. The van der Waals surface area contributed by atoms with Crippen molar-refractivity contribution in [2.75, 3.05) is 11.9 Å². The van der Waals surface area contributed by atoms with Gasteiger partial charge in [0.15, 0.2) is 18.1 Å². The average molecular weight is 721 g/mol. The molecule has 0 bridgehead atoms. The van der Waals surface area contributed by atoms with Gasteiger partial charge in [-0.25, -0.2) is 4.98 Å². The van der Waals surface area contributed by atoms with E-state index in [1.807, 2.05) is 61.5 Å². The number of fused-ring (bicyclic) bond motifs is 2. The minimum atomic E-state index is -0.358. The zero-order valence-corrected chi connectivity index (χ0v) is 26.4. The molecule has 0 fully saturated rings. The molecule has 0 atom stereocenters. The van der Waals surface area contributed by atoms with E-state index in [-0.39, 0.29) is 28.9 Å². The van der Waals surface area contributed by atoms with Crippen LogP contribution in [-0.4, -0.2) is 28.4 Å². The molecule has 2 aromatic heterocycles. The van der Waals surface area contributed by atoms with Gasteiger partial charge in [-0.05, 0) is 89.1 Å². The molecule has 0 unspecified atom stereocenters. The molecule has 6 rings (SSSR count). The Morgan fingerprint density at radius 3 is 2.65 bits per heavy atom. The largest absolute Gasteiger partial charge is 0.481 e. The van der Waals surface area contributed by atoms with Crippen molar-refractivity contribution in [3.05, 3.63) is 120 Å². The Balaban J connectivity index is 1.29. The Hall–Kier alpha value is -4.25. The third kappa shape index (κ3) is 6.27. The number of carbonyl (C=O) groups is 1. The summed E-state index contributed by atoms with van der Waals surface area (Å²) in [4.78, 5) is 30.7. The van der Waals surface area contributed by atoms with Gasteiger partial charge in [-0.2, -0.15) is 9.78 Å². The van der Waals surface area contributed by atoms with Gasteiger partial charge in [-0.3, -0.25) is 9.59 Å². The van der Waals surface area contributed by atoms with E-state index in [0.717, 1.165) is 15.4 Å². The quantitative estimate of drug-likeness (QED) is 0.168. The summed E-state index contributed by atoms with van der Waals surface area (Å²) < 4.78 is 14.4. The van der Waals surface area contributed by atoms with Crippen LogP contribution in [0.4, 0.5) is 5.69 Å². The number of hydrogen-bond donors (Lipinski definition) is 1. The van der Waals surface area contributed by atoms with E-state index in [2.05, 4.69) is 42.3 Å². The van der Waals surface area contributed by atoms with E-state index in [9.17, 15) is 9.59 Å². The number of halogens is 3. The lowest BCUT2D eigenvalue weighted by molar-refractivity contribution is -0.118. The number of aryl methyl sites for hydroxylation is 1. The molecule has 0 aliphatic rings. The lowest BCUT2D eigenvalue weighted by Crippen LogP contribution is -2.20. The van der Waals surface area contributed by atoms with Crippen LogP contribution in [0.2, 0.25) is 5.02 Å². The van der Waals surface area contributed by atoms with E-state index in [4.69, 9.17) is 25.7 Å². The fraction of sp³-hybridized carbons (Fsp3) is 0.0625. The molecule has 0 saturated carbocycles. The zero-order valence-electron chi connectivity index (χ0n) is 22.5. The molecule has 1 N–H and O–H groups in total. The molecule has 0 radical (unpaired) electrons. The second-order valence-corrected chi connectivity index (χ2v) is 11.8. The second kappa shape index (κ2) is 12.2. The van der Waals surface area contributed by atoms with E-state index in [0.29, 0.717) is 43.7 Å². The molecule has 11 heteroatoms. The number of benzene rings is 4. The van der Waals surface area contributed by atoms with Crippen molar-refractivity contribution in [2.45, 2.75) is 6.92 Å². The normalized spacial score (nSPS) is 11.4. The third-order valence-electron chi connectivity index (χ3n) is 6.48. The lowest BCUT2D eigenvalue weighted by Gasteiger charge is -2.12. The van der Waals surface area contributed by atoms with Gasteiger partial charge in [0.1, 0.15) is 5.58 Å². The molecule has 0 saturated heterocycles. The SMILES string of the molecule is Cc1ccc(NC(=O)COc2c(Cl)cc(C=Nn3c(-c4cc5cc(Br)ccc5o4)nc4ccccc4c3=O)cc2Br)cc1. The van der Waals surface area contributed by atoms with Gasteiger partial charge in [0.05, 0.1) is 26.6 Å². The van der Waals surface area contributed by atoms with Gasteiger partial charge in [0.25, 0.3) is 11.5 Å². The Morgan fingerprint density at radius 1 is 1.07 bits per heavy atom. The molecule has 43 heavy (non-hydrogen) atoms. The molecule has 214 valence electrons. The fourth-order valence-corrected chi connectivity index (χ4v) is 5.77. The molecule has 1 amide bonds. The maximum absolute atomic E-state index is 13.6. The van der Waals surface area contributed by atoms with Crippen LogP contribution in [0.15, 0.2) is 108 Å². The summed E-state index contributed by atoms with van der Waals surface area (Å²) in [6.07, 6.45) is 1.49. The summed E-state index contributed by atoms with van der Waals surface area (Å²) in [6.45, 7) is 1.73. The molecule has 0 spiro atoms. The molecule has 6 aromatic rings. The number of aromatic nitrogens is 2. The summed E-state index contributed by atoms with van der Waals surface area (Å²) in [6, 6.07) is 25.3. The van der Waals surface area contributed by atoms with Crippen LogP contribution < -0.4 is 15.6 Å². The van der Waals surface area contributed by atoms with Crippen LogP contribution >= 0.6 is 43.5 Å². The van der Waals surface area contributed by atoms with Gasteiger partial charge in [-0.1, -0.05) is 57.4 Å². The Labute approximate surface area is 267 Å². The van der Waals surface area contributed by atoms with E-state index < -0.39 is 0 Å². The van der Waals surface area contributed by atoms with Gasteiger partial charge in [0, 0.05) is 15.5 Å². The number of nitrogens with one attached hydrogen (secondary N) is 1. The first-order valence-electron chi connectivity index (χ1n) is 13.0. The first kappa shape index (κ1) is 28.9. The molecule has 4 aromatic carbocycles. The Bertz CT molecular complexity index is 2080. The van der Waals surface area contributed by atoms with E-state index >= 15 is 0 Å². The van der Waals surface area contributed by atoms with Gasteiger partial charge >= 0.3 is 0 Å². The Morgan fingerprint density at radius 2 is 1.86 bits per heavy atom. The molecule has 0 aliphatic carbocycles. The van der Waals surface area contributed by atoms with Crippen molar-refractivity contribution in [1.82, 2.24) is 9.66 Å². The predicted molar refractivity (Wildman–Crippen MR) is 176 cm³/mol. The number of ether oxygens (including phenoxy) is 1. The van der Waals surface area contributed by atoms with Crippen molar-refractivity contribution in [1.29, 1.82) is 0 Å². The predicted octanol–water partition coefficient (Wildman–Crippen LogP) is 8.20. The van der Waals surface area contributed by atoms with Crippen molar-refractivity contribution >= 4 is 83.1 Å². The highest BCUT2D eigenvalue weighted by molar-refractivity contribution is 9.10. The van der Waals surface area contributed by atoms with Crippen molar-refractivity contribution in [3.63, 3.8) is 0 Å². The minimum Gasteiger partial charge on any atom is -0.481 e. The van der Waals surface area contributed by atoms with Crippen molar-refractivity contribution in [3.8, 4) is 17.3 Å². The summed E-state index contributed by atoms with van der Waals surface area (Å²) in [5.41, 5.74) is 3.15. The molecular formula is C32H21Br2ClN4O4. The number of nitrogens with zero attached hydrogens (tertiary/aromatic N) is 3. The monoisotopic (exact) mass is 718 g/mol. The molecule has 8 nitrogen and oxygen atoms in total. The number of anilines is 1. The average Bonchev–Trinajstić information content (AvgIpc) is 3.40. The van der Waals surface area contributed by atoms with E-state index in [1.54, 1.807) is 30.3 Å². The number of amides is 1. The van der Waals surface area contributed by atoms with Crippen LogP contribution in [-0.2, 0) is 4.79 Å². The summed E-state index contributed by atoms with van der Waals surface area (Å²) >= 11 is 13.5. The highest BCUT2D eigenvalue weighted by atomic mass is 79.9. The van der Waals surface area contributed by atoms with Crippen LogP contribution in [0, 0.1) is 6.92 Å². The first-order chi connectivity index (χ1) is 20.7. The second-order valence-electron chi connectivity index (χ2n) is 9.62. The van der Waals surface area contributed by atoms with Gasteiger partial charge in [0.2, 0.25) is 5.82 Å². The molecular weight excluding hydrogens is 700 g/mol. The summed E-state index contributed by atoms with van der Waals surface area (Å²) in [7, 11) is 0. The first-order valence-corrected chi connectivity index (χ1v) is 15.0. The van der Waals surface area contributed by atoms with Crippen LogP contribution in [0.25, 0.3) is 33.5 Å². The Kier molecular flexibility index (Phi) is 8.16. The van der Waals surface area contributed by atoms with Crippen LogP contribution in [0.3, 0.4) is 0 Å². The topological polar surface area (TPSA) is 98.7 Å². The number of hydrogen-bond acceptors (Lipinski definition) is 6. The van der Waals surface area contributed by atoms with E-state index in [1.165, 1.54) is 10.9 Å². The number of rotatable bonds is 7. The van der Waals surface area contributed by atoms with Gasteiger partial charge < -0.3 is 14.5 Å². The van der Waals surface area contributed by atoms with Crippen LogP contribution in [0.1, 0.15) is 11.1 Å². The molecule has 0 aliphatic heterocycles.